The first-order chi connectivity index (χ1) is 14.7. The van der Waals surface area contributed by atoms with E-state index < -0.39 is 0 Å². The fourth-order valence-electron chi connectivity index (χ4n) is 3.89. The van der Waals surface area contributed by atoms with E-state index in [1.165, 1.54) is 0 Å². The number of benzene rings is 1. The van der Waals surface area contributed by atoms with Gasteiger partial charge in [-0.2, -0.15) is 0 Å². The third kappa shape index (κ3) is 3.19. The lowest BCUT2D eigenvalue weighted by atomic mass is 10.0. The zero-order valence-corrected chi connectivity index (χ0v) is 16.8. The van der Waals surface area contributed by atoms with Crippen molar-refractivity contribution in [3.63, 3.8) is 0 Å². The van der Waals surface area contributed by atoms with Crippen molar-refractivity contribution in [3.05, 3.63) is 103 Å². The summed E-state index contributed by atoms with van der Waals surface area (Å²) in [5.74, 6) is 1.05. The van der Waals surface area contributed by atoms with Gasteiger partial charge in [0.15, 0.2) is 5.11 Å². The number of aromatic nitrogens is 3. The van der Waals surface area contributed by atoms with Gasteiger partial charge in [-0.3, -0.25) is 4.98 Å². The Morgan fingerprint density at radius 3 is 2.33 bits per heavy atom. The fourth-order valence-corrected chi connectivity index (χ4v) is 4.23. The molecule has 1 fully saturated rings. The van der Waals surface area contributed by atoms with Gasteiger partial charge in [0, 0.05) is 30.0 Å². The van der Waals surface area contributed by atoms with E-state index in [2.05, 4.69) is 30.8 Å². The number of nitrogens with one attached hydrogen (secondary N) is 1. The summed E-state index contributed by atoms with van der Waals surface area (Å²) < 4.78 is 2.07. The summed E-state index contributed by atoms with van der Waals surface area (Å²) in [6.45, 7) is 0. The number of pyridine rings is 2. The van der Waals surface area contributed by atoms with Crippen molar-refractivity contribution in [1.82, 2.24) is 19.9 Å². The van der Waals surface area contributed by atoms with Crippen LogP contribution in [0.1, 0.15) is 23.5 Å². The van der Waals surface area contributed by atoms with Gasteiger partial charge in [-0.1, -0.05) is 12.1 Å². The number of phenols is 1. The smallest absolute Gasteiger partial charge is 0.174 e. The predicted molar refractivity (Wildman–Crippen MR) is 120 cm³/mol. The summed E-state index contributed by atoms with van der Waals surface area (Å²) in [5.41, 5.74) is 2.83. The molecule has 2 atom stereocenters. The highest BCUT2D eigenvalue weighted by atomic mass is 32.1. The summed E-state index contributed by atoms with van der Waals surface area (Å²) in [6.07, 6.45) is 5.58. The monoisotopic (exact) mass is 413 g/mol. The van der Waals surface area contributed by atoms with E-state index in [1.54, 1.807) is 24.5 Å². The first-order valence-electron chi connectivity index (χ1n) is 9.61. The minimum absolute atomic E-state index is 0.148. The van der Waals surface area contributed by atoms with Crippen molar-refractivity contribution in [3.8, 4) is 11.6 Å². The number of anilines is 1. The summed E-state index contributed by atoms with van der Waals surface area (Å²) in [6, 6.07) is 22.6. The van der Waals surface area contributed by atoms with Crippen molar-refractivity contribution in [2.45, 2.75) is 12.1 Å². The van der Waals surface area contributed by atoms with Crippen LogP contribution in [-0.4, -0.2) is 24.8 Å². The lowest BCUT2D eigenvalue weighted by molar-refractivity contribution is 0.475. The van der Waals surface area contributed by atoms with Crippen LogP contribution in [0.2, 0.25) is 0 Å². The zero-order valence-electron chi connectivity index (χ0n) is 16.0. The molecule has 0 aliphatic carbocycles. The molecule has 0 radical (unpaired) electrons. The molecule has 3 aromatic heterocycles. The SMILES string of the molecule is Oc1ccc(N2C(=S)N[C@H](c3ccccn3)[C@@H]2c2cccn2-c2ccccn2)cc1. The Hall–Kier alpha value is -3.71. The second-order valence-electron chi connectivity index (χ2n) is 7.00. The van der Waals surface area contributed by atoms with Gasteiger partial charge in [-0.15, -0.1) is 0 Å². The number of rotatable bonds is 4. The molecule has 148 valence electrons. The Balaban J connectivity index is 1.67. The Morgan fingerprint density at radius 2 is 1.63 bits per heavy atom. The zero-order chi connectivity index (χ0) is 20.5. The van der Waals surface area contributed by atoms with Crippen molar-refractivity contribution >= 4 is 23.0 Å². The van der Waals surface area contributed by atoms with E-state index in [-0.39, 0.29) is 17.8 Å². The van der Waals surface area contributed by atoms with E-state index in [1.807, 2.05) is 60.8 Å². The molecular formula is C23H19N5OS. The highest BCUT2D eigenvalue weighted by Gasteiger charge is 2.42. The average Bonchev–Trinajstić information content (AvgIpc) is 3.40. The Bertz CT molecular complexity index is 1160. The van der Waals surface area contributed by atoms with Crippen LogP contribution in [0.25, 0.3) is 5.82 Å². The molecule has 0 unspecified atom stereocenters. The molecule has 4 aromatic rings. The quantitative estimate of drug-likeness (QED) is 0.490. The molecule has 0 spiro atoms. The van der Waals surface area contributed by atoms with Gasteiger partial charge in [0.25, 0.3) is 0 Å². The summed E-state index contributed by atoms with van der Waals surface area (Å²) in [7, 11) is 0. The first kappa shape index (κ1) is 18.3. The van der Waals surface area contributed by atoms with Crippen LogP contribution < -0.4 is 10.2 Å². The van der Waals surface area contributed by atoms with Gasteiger partial charge in [0.2, 0.25) is 0 Å². The van der Waals surface area contributed by atoms with Gasteiger partial charge >= 0.3 is 0 Å². The fraction of sp³-hybridized carbons (Fsp3) is 0.0870. The van der Waals surface area contributed by atoms with E-state index in [4.69, 9.17) is 12.2 Å². The summed E-state index contributed by atoms with van der Waals surface area (Å²) >= 11 is 5.74. The van der Waals surface area contributed by atoms with Crippen LogP contribution in [0.15, 0.2) is 91.4 Å². The number of hydrogen-bond donors (Lipinski definition) is 2. The summed E-state index contributed by atoms with van der Waals surface area (Å²) in [4.78, 5) is 11.2. The molecule has 1 saturated heterocycles. The lowest BCUT2D eigenvalue weighted by Crippen LogP contribution is -2.30. The van der Waals surface area contributed by atoms with Crippen molar-refractivity contribution in [1.29, 1.82) is 0 Å². The first-order valence-corrected chi connectivity index (χ1v) is 10.0. The average molecular weight is 414 g/mol. The highest BCUT2D eigenvalue weighted by molar-refractivity contribution is 7.80. The molecule has 4 heterocycles. The number of thiocarbonyl (C=S) groups is 1. The molecule has 30 heavy (non-hydrogen) atoms. The standard InChI is InChI=1S/C23H19N5OS/c29-17-11-9-16(10-12-17)28-22(21(26-23(28)30)18-6-1-3-13-24-18)19-7-5-15-27(19)20-8-2-4-14-25-20/h1-15,21-22,29H,(H,26,30)/t21-,22+/m1/s1. The maximum Gasteiger partial charge on any atom is 0.174 e. The number of phenolic OH excluding ortho intramolecular Hbond substituents is 1. The number of nitrogens with zero attached hydrogens (tertiary/aromatic N) is 4. The predicted octanol–water partition coefficient (Wildman–Crippen LogP) is 4.15. The van der Waals surface area contributed by atoms with Crippen LogP contribution in [0.3, 0.4) is 0 Å². The highest BCUT2D eigenvalue weighted by Crippen LogP contribution is 2.42. The Morgan fingerprint density at radius 1 is 0.867 bits per heavy atom. The van der Waals surface area contributed by atoms with Crippen LogP contribution in [0.5, 0.6) is 5.75 Å². The topological polar surface area (TPSA) is 66.2 Å². The molecule has 0 amide bonds. The third-order valence-electron chi connectivity index (χ3n) is 5.21. The van der Waals surface area contributed by atoms with Gasteiger partial charge in [-0.25, -0.2) is 4.98 Å². The van der Waals surface area contributed by atoms with Crippen molar-refractivity contribution < 1.29 is 5.11 Å². The molecule has 1 aromatic carbocycles. The number of aromatic hydroxyl groups is 1. The molecule has 7 heteroatoms. The van der Waals surface area contributed by atoms with Crippen molar-refractivity contribution in [2.75, 3.05) is 4.90 Å². The molecule has 0 saturated carbocycles. The van der Waals surface area contributed by atoms with E-state index in [0.29, 0.717) is 5.11 Å². The van der Waals surface area contributed by atoms with E-state index >= 15 is 0 Å². The molecule has 1 aliphatic rings. The molecular weight excluding hydrogens is 394 g/mol. The van der Waals surface area contributed by atoms with Crippen LogP contribution in [-0.2, 0) is 0 Å². The van der Waals surface area contributed by atoms with Crippen molar-refractivity contribution in [2.24, 2.45) is 0 Å². The minimum Gasteiger partial charge on any atom is -0.508 e. The molecule has 5 rings (SSSR count). The van der Waals surface area contributed by atoms with Crippen LogP contribution in [0, 0.1) is 0 Å². The Labute approximate surface area is 179 Å². The minimum atomic E-state index is -0.158. The largest absolute Gasteiger partial charge is 0.508 e. The Kier molecular flexibility index (Phi) is 4.65. The van der Waals surface area contributed by atoms with Gasteiger partial charge < -0.3 is 19.9 Å². The normalized spacial score (nSPS) is 18.4. The van der Waals surface area contributed by atoms with Gasteiger partial charge in [-0.05, 0) is 72.9 Å². The van der Waals surface area contributed by atoms with Gasteiger partial charge in [0.1, 0.15) is 17.6 Å². The second kappa shape index (κ2) is 7.61. The summed E-state index contributed by atoms with van der Waals surface area (Å²) in [5, 5.41) is 13.8. The lowest BCUT2D eigenvalue weighted by Gasteiger charge is -2.28. The maximum absolute atomic E-state index is 9.75. The number of hydrogen-bond acceptors (Lipinski definition) is 4. The molecule has 1 aliphatic heterocycles. The van der Waals surface area contributed by atoms with Gasteiger partial charge in [0.05, 0.1) is 11.7 Å². The van der Waals surface area contributed by atoms with Crippen LogP contribution >= 0.6 is 12.2 Å². The molecule has 6 nitrogen and oxygen atoms in total. The van der Waals surface area contributed by atoms with E-state index in [0.717, 1.165) is 22.9 Å². The maximum atomic E-state index is 9.75. The third-order valence-corrected chi connectivity index (χ3v) is 5.52. The molecule has 0 bridgehead atoms. The second-order valence-corrected chi connectivity index (χ2v) is 7.39. The van der Waals surface area contributed by atoms with E-state index in [9.17, 15) is 5.11 Å². The molecule has 2 N–H and O–H groups in total. The van der Waals surface area contributed by atoms with Crippen LogP contribution in [0.4, 0.5) is 5.69 Å².